The molecule has 1 fully saturated rings. The van der Waals surface area contributed by atoms with Gasteiger partial charge in [-0.25, -0.2) is 9.50 Å². The molecule has 0 radical (unpaired) electrons. The second-order valence-corrected chi connectivity index (χ2v) is 6.85. The van der Waals surface area contributed by atoms with Crippen LogP contribution in [0.4, 0.5) is 0 Å². The van der Waals surface area contributed by atoms with Gasteiger partial charge in [0, 0.05) is 19.3 Å². The zero-order chi connectivity index (χ0) is 16.4. The van der Waals surface area contributed by atoms with Crippen molar-refractivity contribution in [2.24, 2.45) is 0 Å². The fourth-order valence-corrected chi connectivity index (χ4v) is 3.83. The zero-order valence-electron chi connectivity index (χ0n) is 13.3. The summed E-state index contributed by atoms with van der Waals surface area (Å²) in [6.07, 6.45) is 5.85. The van der Waals surface area contributed by atoms with E-state index in [1.165, 1.54) is 12.8 Å². The minimum absolute atomic E-state index is 0.111. The van der Waals surface area contributed by atoms with Crippen molar-refractivity contribution in [3.05, 3.63) is 41.5 Å². The molecule has 0 spiro atoms. The topological polar surface area (TPSA) is 62.5 Å². The second kappa shape index (κ2) is 6.70. The van der Waals surface area contributed by atoms with Gasteiger partial charge in [-0.05, 0) is 43.4 Å². The molecule has 24 heavy (non-hydrogen) atoms. The van der Waals surface area contributed by atoms with Gasteiger partial charge in [0.1, 0.15) is 5.56 Å². The van der Waals surface area contributed by atoms with E-state index in [0.29, 0.717) is 17.8 Å². The lowest BCUT2D eigenvalue weighted by Gasteiger charge is -2.14. The van der Waals surface area contributed by atoms with Gasteiger partial charge in [0.2, 0.25) is 0 Å². The van der Waals surface area contributed by atoms with Crippen molar-refractivity contribution in [1.29, 1.82) is 0 Å². The van der Waals surface area contributed by atoms with E-state index < -0.39 is 0 Å². The van der Waals surface area contributed by atoms with Gasteiger partial charge < -0.3 is 10.2 Å². The summed E-state index contributed by atoms with van der Waals surface area (Å²) in [6.45, 7) is 3.83. The average molecular weight is 341 g/mol. The molecule has 1 aliphatic heterocycles. The maximum atomic E-state index is 12.5. The summed E-state index contributed by atoms with van der Waals surface area (Å²) in [5.41, 5.74) is 2.07. The Morgan fingerprint density at radius 3 is 2.96 bits per heavy atom. The molecular weight excluding hydrogens is 322 g/mol. The number of thiophene rings is 1. The van der Waals surface area contributed by atoms with Gasteiger partial charge >= 0.3 is 0 Å². The van der Waals surface area contributed by atoms with Gasteiger partial charge in [0.15, 0.2) is 5.65 Å². The number of fused-ring (bicyclic) bond motifs is 1. The minimum atomic E-state index is -0.111. The van der Waals surface area contributed by atoms with Crippen LogP contribution in [0.5, 0.6) is 0 Å². The summed E-state index contributed by atoms with van der Waals surface area (Å²) in [7, 11) is 0. The SMILES string of the molecule is O=C(NCCN1CCCC1)c1cnn2c(-c3cccs3)ccnc12. The van der Waals surface area contributed by atoms with Gasteiger partial charge in [-0.3, -0.25) is 4.79 Å². The van der Waals surface area contributed by atoms with Crippen molar-refractivity contribution in [3.63, 3.8) is 0 Å². The maximum Gasteiger partial charge on any atom is 0.256 e. The Balaban J connectivity index is 1.52. The van der Waals surface area contributed by atoms with E-state index in [1.54, 1.807) is 28.2 Å². The smallest absolute Gasteiger partial charge is 0.256 e. The van der Waals surface area contributed by atoms with Crippen LogP contribution in [0.15, 0.2) is 36.0 Å². The van der Waals surface area contributed by atoms with Crippen molar-refractivity contribution in [1.82, 2.24) is 24.8 Å². The maximum absolute atomic E-state index is 12.5. The first-order chi connectivity index (χ1) is 11.8. The molecule has 0 atom stereocenters. The molecule has 1 saturated heterocycles. The number of nitrogens with one attached hydrogen (secondary N) is 1. The van der Waals surface area contributed by atoms with E-state index in [1.807, 2.05) is 23.6 Å². The highest BCUT2D eigenvalue weighted by atomic mass is 32.1. The molecule has 4 rings (SSSR count). The first kappa shape index (κ1) is 15.3. The highest BCUT2D eigenvalue weighted by Crippen LogP contribution is 2.25. The number of nitrogens with zero attached hydrogens (tertiary/aromatic N) is 4. The molecule has 3 aromatic heterocycles. The summed E-state index contributed by atoms with van der Waals surface area (Å²) in [4.78, 5) is 20.3. The van der Waals surface area contributed by atoms with Crippen molar-refractivity contribution < 1.29 is 4.79 Å². The molecule has 0 bridgehead atoms. The minimum Gasteiger partial charge on any atom is -0.351 e. The predicted molar refractivity (Wildman–Crippen MR) is 94.3 cm³/mol. The predicted octanol–water partition coefficient (Wildman–Crippen LogP) is 2.28. The van der Waals surface area contributed by atoms with Crippen molar-refractivity contribution in [2.45, 2.75) is 12.8 Å². The third kappa shape index (κ3) is 2.92. The zero-order valence-corrected chi connectivity index (χ0v) is 14.1. The number of aromatic nitrogens is 3. The number of hydrogen-bond acceptors (Lipinski definition) is 5. The first-order valence-corrected chi connectivity index (χ1v) is 9.08. The van der Waals surface area contributed by atoms with E-state index in [4.69, 9.17) is 0 Å². The molecule has 0 aliphatic carbocycles. The van der Waals surface area contributed by atoms with E-state index in [-0.39, 0.29) is 5.91 Å². The van der Waals surface area contributed by atoms with Gasteiger partial charge in [-0.2, -0.15) is 5.10 Å². The molecule has 4 heterocycles. The number of hydrogen-bond donors (Lipinski definition) is 1. The molecule has 124 valence electrons. The fraction of sp³-hybridized carbons (Fsp3) is 0.353. The molecule has 1 amide bonds. The van der Waals surface area contributed by atoms with Crippen LogP contribution in [0, 0.1) is 0 Å². The Kier molecular flexibility index (Phi) is 4.27. The molecule has 3 aromatic rings. The first-order valence-electron chi connectivity index (χ1n) is 8.20. The number of likely N-dealkylation sites (tertiary alicyclic amines) is 1. The van der Waals surface area contributed by atoms with Crippen LogP contribution in [-0.4, -0.2) is 51.6 Å². The Hall–Kier alpha value is -2.25. The molecule has 7 heteroatoms. The van der Waals surface area contributed by atoms with Gasteiger partial charge in [0.25, 0.3) is 5.91 Å². The lowest BCUT2D eigenvalue weighted by atomic mass is 10.3. The quantitative estimate of drug-likeness (QED) is 0.773. The standard InChI is InChI=1S/C17H19N5OS/c23-17(19-7-10-21-8-1-2-9-21)13-12-20-22-14(5-6-18-16(13)22)15-4-3-11-24-15/h3-6,11-12H,1-2,7-10H2,(H,19,23). The van der Waals surface area contributed by atoms with Gasteiger partial charge in [0.05, 0.1) is 16.8 Å². The number of carbonyl (C=O) groups is 1. The molecule has 1 aliphatic rings. The van der Waals surface area contributed by atoms with E-state index in [9.17, 15) is 4.79 Å². The summed E-state index contributed by atoms with van der Waals surface area (Å²) >= 11 is 1.64. The molecule has 6 nitrogen and oxygen atoms in total. The van der Waals surface area contributed by atoms with Crippen LogP contribution in [0.25, 0.3) is 16.2 Å². The number of carbonyl (C=O) groups excluding carboxylic acids is 1. The molecule has 0 saturated carbocycles. The lowest BCUT2D eigenvalue weighted by molar-refractivity contribution is 0.0951. The lowest BCUT2D eigenvalue weighted by Crippen LogP contribution is -2.33. The van der Waals surface area contributed by atoms with Crippen LogP contribution in [-0.2, 0) is 0 Å². The summed E-state index contributed by atoms with van der Waals surface area (Å²) in [6, 6.07) is 5.96. The summed E-state index contributed by atoms with van der Waals surface area (Å²) in [5, 5.41) is 9.38. The Morgan fingerprint density at radius 2 is 2.17 bits per heavy atom. The van der Waals surface area contributed by atoms with Crippen LogP contribution >= 0.6 is 11.3 Å². The Labute approximate surface area is 144 Å². The Morgan fingerprint density at radius 1 is 1.29 bits per heavy atom. The summed E-state index contributed by atoms with van der Waals surface area (Å²) < 4.78 is 1.74. The van der Waals surface area contributed by atoms with Crippen LogP contribution in [0.1, 0.15) is 23.2 Å². The van der Waals surface area contributed by atoms with Crippen LogP contribution in [0.2, 0.25) is 0 Å². The van der Waals surface area contributed by atoms with Crippen LogP contribution in [0.3, 0.4) is 0 Å². The molecular formula is C17H19N5OS. The normalized spacial score (nSPS) is 15.2. The van der Waals surface area contributed by atoms with Crippen molar-refractivity contribution >= 4 is 22.9 Å². The monoisotopic (exact) mass is 341 g/mol. The fourth-order valence-electron chi connectivity index (χ4n) is 3.09. The highest BCUT2D eigenvalue weighted by molar-refractivity contribution is 7.13. The largest absolute Gasteiger partial charge is 0.351 e. The van der Waals surface area contributed by atoms with Crippen molar-refractivity contribution in [3.8, 4) is 10.6 Å². The third-order valence-electron chi connectivity index (χ3n) is 4.33. The molecule has 1 N–H and O–H groups in total. The number of amides is 1. The van der Waals surface area contributed by atoms with E-state index in [2.05, 4.69) is 20.3 Å². The third-order valence-corrected chi connectivity index (χ3v) is 5.22. The van der Waals surface area contributed by atoms with Crippen molar-refractivity contribution in [2.75, 3.05) is 26.2 Å². The molecule has 0 aromatic carbocycles. The average Bonchev–Trinajstić information content (AvgIpc) is 3.35. The highest BCUT2D eigenvalue weighted by Gasteiger charge is 2.17. The van der Waals surface area contributed by atoms with E-state index >= 15 is 0 Å². The summed E-state index contributed by atoms with van der Waals surface area (Å²) in [5.74, 6) is -0.111. The second-order valence-electron chi connectivity index (χ2n) is 5.91. The number of rotatable bonds is 5. The van der Waals surface area contributed by atoms with Gasteiger partial charge in [-0.1, -0.05) is 6.07 Å². The van der Waals surface area contributed by atoms with Crippen LogP contribution < -0.4 is 5.32 Å². The Bertz CT molecular complexity index is 836. The molecule has 0 unspecified atom stereocenters. The van der Waals surface area contributed by atoms with Gasteiger partial charge in [-0.15, -0.1) is 11.3 Å². The van der Waals surface area contributed by atoms with E-state index in [0.717, 1.165) is 30.2 Å².